The van der Waals surface area contributed by atoms with E-state index < -0.39 is 54.6 Å². The fraction of sp³-hybridized carbons (Fsp3) is 0.780. The Hall–Kier alpha value is -3.67. The molecule has 0 radical (unpaired) electrons. The highest BCUT2D eigenvalue weighted by atomic mass is 16.6. The predicted molar refractivity (Wildman–Crippen MR) is 243 cm³/mol. The number of hydrogen-bond donors (Lipinski definition) is 1. The summed E-state index contributed by atoms with van der Waals surface area (Å²) in [4.78, 5) is 66.7. The second-order valence-electron chi connectivity index (χ2n) is 17.2. The fourth-order valence-electron chi connectivity index (χ4n) is 8.20. The molecule has 1 aromatic carbocycles. The minimum Gasteiger partial charge on any atom is -0.463 e. The third-order valence-electron chi connectivity index (χ3n) is 11.6. The van der Waals surface area contributed by atoms with Crippen molar-refractivity contribution >= 4 is 29.9 Å². The van der Waals surface area contributed by atoms with Gasteiger partial charge in [0, 0.05) is 33.7 Å². The molecule has 5 atom stereocenters. The Kier molecular flexibility index (Phi) is 30.5. The molecule has 1 aliphatic heterocycles. The van der Waals surface area contributed by atoms with Crippen LogP contribution in [0.15, 0.2) is 30.3 Å². The number of alkyl carbamates (subject to hydrolysis) is 1. The number of benzene rings is 1. The molecule has 62 heavy (non-hydrogen) atoms. The van der Waals surface area contributed by atoms with Crippen molar-refractivity contribution < 1.29 is 47.7 Å². The maximum absolute atomic E-state index is 14.4. The zero-order chi connectivity index (χ0) is 45.2. The summed E-state index contributed by atoms with van der Waals surface area (Å²) in [5.74, 6) is -2.15. The number of hydrogen-bond acceptors (Lipinski definition) is 10. The maximum atomic E-state index is 14.4. The molecule has 1 aliphatic rings. The summed E-state index contributed by atoms with van der Waals surface area (Å²) in [5.41, 5.74) is 0.760. The summed E-state index contributed by atoms with van der Waals surface area (Å²) < 4.78 is 29.0. The highest BCUT2D eigenvalue weighted by Crippen LogP contribution is 2.30. The first-order chi connectivity index (χ1) is 30.1. The van der Waals surface area contributed by atoms with Crippen LogP contribution in [-0.2, 0) is 49.5 Å². The first-order valence-corrected chi connectivity index (χ1v) is 24.5. The number of nitrogens with zero attached hydrogens (tertiary/aromatic N) is 1. The second-order valence-corrected chi connectivity index (χ2v) is 17.2. The Balaban J connectivity index is 2.22. The minimum atomic E-state index is -1.31. The number of rotatable bonds is 35. The van der Waals surface area contributed by atoms with Crippen LogP contribution in [0.2, 0.25) is 0 Å². The summed E-state index contributed by atoms with van der Waals surface area (Å²) in [5, 5.41) is 2.82. The third kappa shape index (κ3) is 24.8. The molecule has 1 aromatic rings. The molecule has 12 heteroatoms. The Bertz CT molecular complexity index is 1360. The number of ether oxygens (including phenoxy) is 5. The van der Waals surface area contributed by atoms with Gasteiger partial charge in [-0.2, -0.15) is 0 Å². The van der Waals surface area contributed by atoms with Crippen molar-refractivity contribution in [3.8, 4) is 0 Å². The Morgan fingerprint density at radius 3 is 1.48 bits per heavy atom. The van der Waals surface area contributed by atoms with Crippen LogP contribution < -0.4 is 5.32 Å². The summed E-state index contributed by atoms with van der Waals surface area (Å²) in [6, 6.07) is 7.97. The molecule has 0 aliphatic carbocycles. The van der Waals surface area contributed by atoms with Crippen molar-refractivity contribution in [1.29, 1.82) is 0 Å². The number of carbonyl (C=O) groups is 5. The lowest BCUT2D eigenvalue weighted by Gasteiger charge is -2.48. The van der Waals surface area contributed by atoms with E-state index in [1.54, 1.807) is 4.90 Å². The molecule has 354 valence electrons. The van der Waals surface area contributed by atoms with Gasteiger partial charge < -0.3 is 33.9 Å². The molecule has 0 bridgehead atoms. The molecular weight excluding hydrogens is 789 g/mol. The molecule has 2 rings (SSSR count). The van der Waals surface area contributed by atoms with E-state index in [2.05, 4.69) is 19.2 Å². The van der Waals surface area contributed by atoms with Crippen LogP contribution in [0, 0.1) is 0 Å². The van der Waals surface area contributed by atoms with Gasteiger partial charge in [0.15, 0.2) is 18.4 Å². The fourth-order valence-corrected chi connectivity index (χ4v) is 8.20. The van der Waals surface area contributed by atoms with Crippen LogP contribution in [0.25, 0.3) is 0 Å². The first kappa shape index (κ1) is 54.5. The quantitative estimate of drug-likeness (QED) is 0.0397. The average Bonchev–Trinajstić information content (AvgIpc) is 3.24. The van der Waals surface area contributed by atoms with Gasteiger partial charge in [-0.25, -0.2) is 4.79 Å². The lowest BCUT2D eigenvalue weighted by molar-refractivity contribution is -0.245. The highest BCUT2D eigenvalue weighted by Gasteiger charge is 2.53. The van der Waals surface area contributed by atoms with Crippen molar-refractivity contribution in [1.82, 2.24) is 10.2 Å². The molecule has 0 unspecified atom stereocenters. The molecule has 1 saturated heterocycles. The van der Waals surface area contributed by atoms with Crippen molar-refractivity contribution in [2.45, 2.75) is 239 Å². The minimum absolute atomic E-state index is 0.0357. The predicted octanol–water partition coefficient (Wildman–Crippen LogP) is 11.4. The lowest BCUT2D eigenvalue weighted by atomic mass is 9.94. The topological polar surface area (TPSA) is 147 Å². The highest BCUT2D eigenvalue weighted by molar-refractivity contribution is 5.77. The molecule has 1 heterocycles. The van der Waals surface area contributed by atoms with Gasteiger partial charge in [0.2, 0.25) is 5.91 Å². The smallest absolute Gasteiger partial charge is 0.407 e. The van der Waals surface area contributed by atoms with E-state index in [4.69, 9.17) is 23.7 Å². The maximum Gasteiger partial charge on any atom is 0.407 e. The molecule has 1 fully saturated rings. The zero-order valence-corrected chi connectivity index (χ0v) is 39.3. The van der Waals surface area contributed by atoms with Gasteiger partial charge in [-0.1, -0.05) is 192 Å². The zero-order valence-electron chi connectivity index (χ0n) is 39.3. The SMILES string of the molecule is CCCCCCCCCCCCCCCCCC(=O)N(CCCCCCCCCCCC)[C@@H]1O[C@H](COC(C)=O)[C@@H](OC(C)=O)[C@H](OC(C)=O)[C@H]1NC(=O)OCc1ccccc1. The summed E-state index contributed by atoms with van der Waals surface area (Å²) >= 11 is 0. The number of unbranched alkanes of at least 4 members (excludes halogenated alkanes) is 23. The lowest BCUT2D eigenvalue weighted by Crippen LogP contribution is -2.70. The number of esters is 3. The van der Waals surface area contributed by atoms with E-state index in [1.807, 2.05) is 30.3 Å². The molecule has 12 nitrogen and oxygen atoms in total. The van der Waals surface area contributed by atoms with Crippen LogP contribution in [-0.4, -0.2) is 78.5 Å². The van der Waals surface area contributed by atoms with Gasteiger partial charge in [-0.15, -0.1) is 0 Å². The van der Waals surface area contributed by atoms with Gasteiger partial charge in [-0.05, 0) is 18.4 Å². The Labute approximate surface area is 374 Å². The largest absolute Gasteiger partial charge is 0.463 e. The van der Waals surface area contributed by atoms with Crippen molar-refractivity contribution in [3.05, 3.63) is 35.9 Å². The van der Waals surface area contributed by atoms with Gasteiger partial charge in [0.25, 0.3) is 0 Å². The molecular formula is C50H84N2O10. The van der Waals surface area contributed by atoms with E-state index in [0.29, 0.717) is 19.4 Å². The molecule has 1 N–H and O–H groups in total. The number of nitrogens with one attached hydrogen (secondary N) is 1. The normalized spacial score (nSPS) is 18.4. The van der Waals surface area contributed by atoms with Crippen LogP contribution in [0.1, 0.15) is 207 Å². The van der Waals surface area contributed by atoms with Gasteiger partial charge >= 0.3 is 24.0 Å². The standard InChI is InChI=1S/C50H84N2O10/c1-6-8-10-12-14-16-18-19-20-21-22-23-25-27-32-36-45(56)52(37-33-28-26-24-17-15-13-11-9-7-2)49-46(51-50(57)59-38-43-34-30-29-31-35-43)48(61-42(5)55)47(60-41(4)54)44(62-49)39-58-40(3)53/h29-31,34-35,44,46-49H,6-28,32-33,36-39H2,1-5H3,(H,51,57)/t44-,46-,47-,48-,49-/m1/s1. The van der Waals surface area contributed by atoms with E-state index >= 15 is 0 Å². The van der Waals surface area contributed by atoms with Crippen molar-refractivity contribution in [3.63, 3.8) is 0 Å². The third-order valence-corrected chi connectivity index (χ3v) is 11.6. The Morgan fingerprint density at radius 1 is 0.565 bits per heavy atom. The van der Waals surface area contributed by atoms with Crippen molar-refractivity contribution in [2.24, 2.45) is 0 Å². The van der Waals surface area contributed by atoms with E-state index in [-0.39, 0.29) is 25.5 Å². The van der Waals surface area contributed by atoms with E-state index in [0.717, 1.165) is 44.1 Å². The summed E-state index contributed by atoms with van der Waals surface area (Å²) in [6.45, 7) is 8.08. The Morgan fingerprint density at radius 2 is 1.02 bits per heavy atom. The summed E-state index contributed by atoms with van der Waals surface area (Å²) in [6.07, 6.45) is 23.9. The van der Waals surface area contributed by atoms with Gasteiger partial charge in [-0.3, -0.25) is 19.2 Å². The monoisotopic (exact) mass is 873 g/mol. The van der Waals surface area contributed by atoms with E-state index in [1.165, 1.54) is 130 Å². The molecule has 0 aromatic heterocycles. The number of amides is 2. The average molecular weight is 873 g/mol. The second kappa shape index (κ2) is 34.8. The van der Waals surface area contributed by atoms with Gasteiger partial charge in [0.05, 0.1) is 0 Å². The first-order valence-electron chi connectivity index (χ1n) is 24.5. The van der Waals surface area contributed by atoms with Gasteiger partial charge in [0.1, 0.15) is 25.4 Å². The molecule has 2 amide bonds. The van der Waals surface area contributed by atoms with E-state index in [9.17, 15) is 24.0 Å². The van der Waals surface area contributed by atoms with Crippen LogP contribution in [0.3, 0.4) is 0 Å². The number of carbonyl (C=O) groups excluding carboxylic acids is 5. The molecule has 0 saturated carbocycles. The van der Waals surface area contributed by atoms with Crippen molar-refractivity contribution in [2.75, 3.05) is 13.2 Å². The summed E-state index contributed by atoms with van der Waals surface area (Å²) in [7, 11) is 0. The molecule has 0 spiro atoms. The van der Waals surface area contributed by atoms with Crippen LogP contribution in [0.5, 0.6) is 0 Å². The van der Waals surface area contributed by atoms with Crippen LogP contribution in [0.4, 0.5) is 4.79 Å². The van der Waals surface area contributed by atoms with Crippen LogP contribution >= 0.6 is 0 Å².